The van der Waals surface area contributed by atoms with Gasteiger partial charge in [-0.2, -0.15) is 0 Å². The minimum atomic E-state index is 0.128. The molecule has 0 aliphatic heterocycles. The molecule has 4 heteroatoms. The fourth-order valence-electron chi connectivity index (χ4n) is 1.88. The van der Waals surface area contributed by atoms with Gasteiger partial charge >= 0.3 is 0 Å². The van der Waals surface area contributed by atoms with Gasteiger partial charge in [-0.25, -0.2) is 0 Å². The molecule has 0 atom stereocenters. The molecule has 2 nitrogen and oxygen atoms in total. The number of thioether (sulfide) groups is 1. The summed E-state index contributed by atoms with van der Waals surface area (Å²) >= 11 is 3.03. The third-order valence-electron chi connectivity index (χ3n) is 2.80. The molecule has 1 aromatic carbocycles. The van der Waals surface area contributed by atoms with Gasteiger partial charge in [0.05, 0.1) is 15.1 Å². The van der Waals surface area contributed by atoms with Crippen LogP contribution in [0.4, 0.5) is 0 Å². The standard InChI is InChI=1S/C14H11NOS2/c1-17-12-8-15-10-7-11(18-14(10)13(12)16)9-5-3-2-4-6-9/h2-8H,1H3,(H,15,16). The Bertz CT molecular complexity index is 743. The van der Waals surface area contributed by atoms with Gasteiger partial charge in [0.25, 0.3) is 0 Å². The van der Waals surface area contributed by atoms with Crippen LogP contribution >= 0.6 is 23.1 Å². The highest BCUT2D eigenvalue weighted by Crippen LogP contribution is 2.31. The highest BCUT2D eigenvalue weighted by atomic mass is 32.2. The van der Waals surface area contributed by atoms with Crippen molar-refractivity contribution in [2.24, 2.45) is 0 Å². The maximum Gasteiger partial charge on any atom is 0.212 e. The minimum Gasteiger partial charge on any atom is -0.359 e. The third-order valence-corrected chi connectivity index (χ3v) is 4.73. The first-order valence-corrected chi connectivity index (χ1v) is 7.58. The molecule has 3 rings (SSSR count). The third kappa shape index (κ3) is 1.87. The fraction of sp³-hybridized carbons (Fsp3) is 0.0714. The first-order valence-electron chi connectivity index (χ1n) is 5.54. The molecule has 1 N–H and O–H groups in total. The Morgan fingerprint density at radius 3 is 2.72 bits per heavy atom. The molecule has 0 radical (unpaired) electrons. The molecule has 90 valence electrons. The van der Waals surface area contributed by atoms with E-state index < -0.39 is 0 Å². The maximum absolute atomic E-state index is 12.2. The zero-order valence-electron chi connectivity index (χ0n) is 9.77. The van der Waals surface area contributed by atoms with Crippen molar-refractivity contribution in [3.63, 3.8) is 0 Å². The number of H-pyrrole nitrogens is 1. The normalized spacial score (nSPS) is 10.9. The predicted molar refractivity (Wildman–Crippen MR) is 79.7 cm³/mol. The Morgan fingerprint density at radius 1 is 1.22 bits per heavy atom. The van der Waals surface area contributed by atoms with E-state index in [4.69, 9.17) is 0 Å². The summed E-state index contributed by atoms with van der Waals surface area (Å²) in [6.07, 6.45) is 3.71. The number of hydrogen-bond acceptors (Lipinski definition) is 3. The molecule has 0 saturated heterocycles. The zero-order valence-corrected chi connectivity index (χ0v) is 11.4. The summed E-state index contributed by atoms with van der Waals surface area (Å²) in [4.78, 5) is 17.3. The van der Waals surface area contributed by atoms with E-state index in [-0.39, 0.29) is 5.43 Å². The number of benzene rings is 1. The van der Waals surface area contributed by atoms with Crippen molar-refractivity contribution < 1.29 is 0 Å². The molecule has 0 bridgehead atoms. The Labute approximate surface area is 113 Å². The molecule has 0 saturated carbocycles. The molecular formula is C14H11NOS2. The zero-order chi connectivity index (χ0) is 12.5. The first kappa shape index (κ1) is 11.6. The molecule has 0 spiro atoms. The fourth-order valence-corrected chi connectivity index (χ4v) is 3.49. The van der Waals surface area contributed by atoms with Crippen molar-refractivity contribution in [1.82, 2.24) is 4.98 Å². The van der Waals surface area contributed by atoms with Crippen molar-refractivity contribution in [3.05, 3.63) is 52.8 Å². The van der Waals surface area contributed by atoms with E-state index >= 15 is 0 Å². The number of fused-ring (bicyclic) bond motifs is 1. The largest absolute Gasteiger partial charge is 0.359 e. The number of thiophene rings is 1. The number of nitrogens with one attached hydrogen (secondary N) is 1. The highest BCUT2D eigenvalue weighted by molar-refractivity contribution is 7.98. The monoisotopic (exact) mass is 273 g/mol. The van der Waals surface area contributed by atoms with Gasteiger partial charge in [-0.3, -0.25) is 4.79 Å². The lowest BCUT2D eigenvalue weighted by Gasteiger charge is -1.94. The Balaban J connectivity index is 2.24. The lowest BCUT2D eigenvalue weighted by atomic mass is 10.2. The summed E-state index contributed by atoms with van der Waals surface area (Å²) in [5.41, 5.74) is 2.20. The number of aromatic nitrogens is 1. The first-order chi connectivity index (χ1) is 8.79. The van der Waals surface area contributed by atoms with E-state index in [0.717, 1.165) is 25.6 Å². The minimum absolute atomic E-state index is 0.128. The van der Waals surface area contributed by atoms with Crippen molar-refractivity contribution in [1.29, 1.82) is 0 Å². The SMILES string of the molecule is CSc1c[nH]c2cc(-c3ccccc3)sc2c1=O. The predicted octanol–water partition coefficient (Wildman–Crippen LogP) is 3.98. The molecule has 3 aromatic rings. The molecule has 0 unspecified atom stereocenters. The Kier molecular flexibility index (Phi) is 2.97. The van der Waals surface area contributed by atoms with Gasteiger partial charge in [-0.15, -0.1) is 23.1 Å². The number of rotatable bonds is 2. The van der Waals surface area contributed by atoms with E-state index in [2.05, 4.69) is 17.1 Å². The van der Waals surface area contributed by atoms with Crippen molar-refractivity contribution in [3.8, 4) is 10.4 Å². The quantitative estimate of drug-likeness (QED) is 0.716. The second-order valence-electron chi connectivity index (χ2n) is 3.91. The number of pyridine rings is 1. The average molecular weight is 273 g/mol. The van der Waals surface area contributed by atoms with Crippen molar-refractivity contribution >= 4 is 33.3 Å². The highest BCUT2D eigenvalue weighted by Gasteiger charge is 2.09. The van der Waals surface area contributed by atoms with Gasteiger partial charge in [-0.1, -0.05) is 30.3 Å². The molecule has 0 aliphatic rings. The van der Waals surface area contributed by atoms with Gasteiger partial charge in [0.2, 0.25) is 5.43 Å². The molecule has 0 amide bonds. The summed E-state index contributed by atoms with van der Waals surface area (Å²) in [6.45, 7) is 0. The van der Waals surface area contributed by atoms with Crippen molar-refractivity contribution in [2.45, 2.75) is 4.90 Å². The van der Waals surface area contributed by atoms with Crippen LogP contribution in [0, 0.1) is 0 Å². The lowest BCUT2D eigenvalue weighted by Crippen LogP contribution is -2.02. The van der Waals surface area contributed by atoms with E-state index in [1.807, 2.05) is 30.5 Å². The molecule has 2 aromatic heterocycles. The van der Waals surface area contributed by atoms with Crippen LogP contribution in [0.3, 0.4) is 0 Å². The lowest BCUT2D eigenvalue weighted by molar-refractivity contribution is 1.28. The van der Waals surface area contributed by atoms with Crippen LogP contribution in [-0.2, 0) is 0 Å². The maximum atomic E-state index is 12.2. The van der Waals surface area contributed by atoms with Crippen LogP contribution in [0.15, 0.2) is 52.3 Å². The molecular weight excluding hydrogens is 262 g/mol. The summed E-state index contributed by atoms with van der Waals surface area (Å²) in [6, 6.07) is 12.2. The van der Waals surface area contributed by atoms with E-state index in [9.17, 15) is 4.79 Å². The van der Waals surface area contributed by atoms with Gasteiger partial charge in [-0.05, 0) is 17.9 Å². The summed E-state index contributed by atoms with van der Waals surface area (Å²) < 4.78 is 0.806. The van der Waals surface area contributed by atoms with Crippen LogP contribution in [-0.4, -0.2) is 11.2 Å². The van der Waals surface area contributed by atoms with E-state index in [0.29, 0.717) is 0 Å². The molecule has 0 aliphatic carbocycles. The second-order valence-corrected chi connectivity index (χ2v) is 5.81. The van der Waals surface area contributed by atoms with Gasteiger partial charge < -0.3 is 4.98 Å². The van der Waals surface area contributed by atoms with Crippen molar-refractivity contribution in [2.75, 3.05) is 6.26 Å². The average Bonchev–Trinajstić information content (AvgIpc) is 2.85. The summed E-state index contributed by atoms with van der Waals surface area (Å²) in [5, 5.41) is 0. The summed E-state index contributed by atoms with van der Waals surface area (Å²) in [7, 11) is 0. The topological polar surface area (TPSA) is 32.9 Å². The van der Waals surface area contributed by atoms with Crippen LogP contribution < -0.4 is 5.43 Å². The van der Waals surface area contributed by atoms with Crippen LogP contribution in [0.1, 0.15) is 0 Å². The van der Waals surface area contributed by atoms with Crippen LogP contribution in [0.2, 0.25) is 0 Å². The van der Waals surface area contributed by atoms with Gasteiger partial charge in [0, 0.05) is 11.1 Å². The molecule has 0 fully saturated rings. The summed E-state index contributed by atoms with van der Waals surface area (Å²) in [5.74, 6) is 0. The van der Waals surface area contributed by atoms with Crippen LogP contribution in [0.5, 0.6) is 0 Å². The van der Waals surface area contributed by atoms with Crippen LogP contribution in [0.25, 0.3) is 20.7 Å². The number of aromatic amines is 1. The smallest absolute Gasteiger partial charge is 0.212 e. The molecule has 2 heterocycles. The second kappa shape index (κ2) is 4.63. The number of hydrogen-bond donors (Lipinski definition) is 1. The van der Waals surface area contributed by atoms with Gasteiger partial charge in [0.15, 0.2) is 0 Å². The van der Waals surface area contributed by atoms with Gasteiger partial charge in [0.1, 0.15) is 0 Å². The van der Waals surface area contributed by atoms with E-state index in [1.54, 1.807) is 17.5 Å². The molecule has 18 heavy (non-hydrogen) atoms. The van der Waals surface area contributed by atoms with E-state index in [1.165, 1.54) is 11.8 Å². The Morgan fingerprint density at radius 2 is 2.00 bits per heavy atom. The Hall–Kier alpha value is -1.52.